The number of aliphatic hydroxyl groups is 1. The molecule has 0 radical (unpaired) electrons. The van der Waals surface area contributed by atoms with Gasteiger partial charge in [0.15, 0.2) is 24.9 Å². The number of aromatic hydroxyl groups is 2. The van der Waals surface area contributed by atoms with Gasteiger partial charge in [-0.1, -0.05) is 51.5 Å². The normalized spacial score (nSPS) is 23.7. The number of phenols is 2. The maximum absolute atomic E-state index is 14.4. The molecular formula is C68H89N9O21S. The van der Waals surface area contributed by atoms with E-state index in [1.165, 1.54) is 68.1 Å². The van der Waals surface area contributed by atoms with Crippen molar-refractivity contribution in [1.82, 2.24) is 35.6 Å². The second kappa shape index (κ2) is 32.7. The van der Waals surface area contributed by atoms with Crippen molar-refractivity contribution in [3.05, 3.63) is 81.4 Å². The predicted octanol–water partition coefficient (Wildman–Crippen LogP) is 3.78. The monoisotopic (exact) mass is 1400 g/mol. The summed E-state index contributed by atoms with van der Waals surface area (Å²) in [7, 11) is 5.65. The third-order valence-corrected chi connectivity index (χ3v) is 20.1. The molecule has 1 unspecified atom stereocenters. The van der Waals surface area contributed by atoms with Gasteiger partial charge in [-0.3, -0.25) is 48.2 Å². The Bertz CT molecular complexity index is 3580. The van der Waals surface area contributed by atoms with Crippen LogP contribution in [0.4, 0.5) is 20.1 Å². The van der Waals surface area contributed by atoms with E-state index in [0.29, 0.717) is 56.5 Å². The Morgan fingerprint density at radius 3 is 2.23 bits per heavy atom. The smallest absolute Gasteiger partial charge is 0.409 e. The van der Waals surface area contributed by atoms with Crippen molar-refractivity contribution < 1.29 is 101 Å². The summed E-state index contributed by atoms with van der Waals surface area (Å²) in [5.74, 6) is -6.45. The molecule has 30 nitrogen and oxygen atoms in total. The van der Waals surface area contributed by atoms with E-state index < -0.39 is 138 Å². The number of carbonyl (C=O) groups excluding carboxylic acids is 11. The number of fused-ring (bicyclic) bond motifs is 6. The number of thioether (sulfide) groups is 1. The fraction of sp³-hybridized carbons (Fsp3) is 0.574. The number of imide groups is 1. The topological polar surface area (TPSA) is 400 Å². The Hall–Kier alpha value is -8.46. The molecule has 11 atom stereocenters. The van der Waals surface area contributed by atoms with E-state index in [2.05, 4.69) is 26.2 Å². The van der Waals surface area contributed by atoms with E-state index in [4.69, 9.17) is 38.9 Å². The van der Waals surface area contributed by atoms with Crippen molar-refractivity contribution in [3.63, 3.8) is 0 Å². The first-order valence-electron chi connectivity index (χ1n) is 33.2. The number of amides is 9. The van der Waals surface area contributed by atoms with Gasteiger partial charge in [0.1, 0.15) is 41.5 Å². The van der Waals surface area contributed by atoms with Crippen LogP contribution in [0.5, 0.6) is 17.2 Å². The summed E-state index contributed by atoms with van der Waals surface area (Å²) in [5, 5.41) is 47.2. The number of nitrogens with two attached hydrogens (primary N) is 1. The average molecular weight is 1400 g/mol. The lowest BCUT2D eigenvalue weighted by Crippen LogP contribution is -2.54. The van der Waals surface area contributed by atoms with Gasteiger partial charge in [-0.15, -0.1) is 0 Å². The third-order valence-electron chi connectivity index (χ3n) is 19.1. The summed E-state index contributed by atoms with van der Waals surface area (Å²) in [6.45, 7) is 5.42. The fourth-order valence-corrected chi connectivity index (χ4v) is 14.3. The molecule has 9 rings (SSSR count). The number of carbonyl (C=O) groups is 11. The minimum atomic E-state index is -2.43. The number of anilines is 1. The van der Waals surface area contributed by atoms with E-state index in [1.54, 1.807) is 44.4 Å². The van der Waals surface area contributed by atoms with Crippen molar-refractivity contribution in [3.8, 4) is 17.2 Å². The molecule has 538 valence electrons. The van der Waals surface area contributed by atoms with Crippen molar-refractivity contribution in [2.24, 2.45) is 17.6 Å². The van der Waals surface area contributed by atoms with Crippen LogP contribution >= 0.6 is 11.8 Å². The number of rotatable bonds is 29. The summed E-state index contributed by atoms with van der Waals surface area (Å²) in [6, 6.07) is 7.59. The van der Waals surface area contributed by atoms with Crippen LogP contribution in [-0.4, -0.2) is 234 Å². The lowest BCUT2D eigenvalue weighted by Gasteiger charge is -2.43. The molecule has 3 aromatic rings. The molecule has 0 aromatic heterocycles. The molecule has 99 heavy (non-hydrogen) atoms. The molecule has 1 saturated carbocycles. The summed E-state index contributed by atoms with van der Waals surface area (Å²) in [5.41, 5.74) is 2.11. The van der Waals surface area contributed by atoms with Crippen LogP contribution in [-0.2, 0) is 70.2 Å². The highest BCUT2D eigenvalue weighted by Gasteiger charge is 2.55. The number of ether oxygens (including phenoxy) is 7. The van der Waals surface area contributed by atoms with Gasteiger partial charge in [0.25, 0.3) is 0 Å². The minimum absolute atomic E-state index is 0.0644. The summed E-state index contributed by atoms with van der Waals surface area (Å²) >= 11 is 1.34. The Balaban J connectivity index is 0.768. The number of unbranched alkanes of at least 4 members (excludes halogenated alkanes) is 2. The van der Waals surface area contributed by atoms with Gasteiger partial charge in [-0.2, -0.15) is 11.8 Å². The third kappa shape index (κ3) is 16.9. The largest absolute Gasteiger partial charge is 0.507 e. The van der Waals surface area contributed by atoms with E-state index >= 15 is 0 Å². The number of phenolic OH excluding ortho intramolecular Hbond substituents is 2. The number of benzene rings is 3. The number of ketones is 3. The molecule has 3 aromatic carbocycles. The molecule has 31 heteroatoms. The number of likely N-dealkylation sites (N-methyl/N-ethyl adjacent to an activating group) is 2. The highest BCUT2D eigenvalue weighted by Crippen LogP contribution is 2.53. The zero-order valence-corrected chi connectivity index (χ0v) is 57.6. The number of likely N-dealkylation sites (tertiary alicyclic amines) is 1. The van der Waals surface area contributed by atoms with Gasteiger partial charge in [0.05, 0.1) is 54.0 Å². The Morgan fingerprint density at radius 1 is 0.859 bits per heavy atom. The first kappa shape index (κ1) is 74.8. The van der Waals surface area contributed by atoms with Gasteiger partial charge in [0, 0.05) is 108 Å². The minimum Gasteiger partial charge on any atom is -0.507 e. The number of hydrogen-bond donors (Lipinski definition) is 8. The first-order chi connectivity index (χ1) is 47.2. The summed E-state index contributed by atoms with van der Waals surface area (Å²) in [4.78, 5) is 152. The molecule has 3 aliphatic carbocycles. The van der Waals surface area contributed by atoms with Crippen molar-refractivity contribution in [1.29, 1.82) is 0 Å². The van der Waals surface area contributed by atoms with Crippen LogP contribution in [0.1, 0.15) is 140 Å². The molecular weight excluding hydrogens is 1310 g/mol. The van der Waals surface area contributed by atoms with Crippen LogP contribution in [0.15, 0.2) is 42.5 Å². The molecule has 3 heterocycles. The number of methoxy groups -OCH3 is 2. The van der Waals surface area contributed by atoms with E-state index in [1.807, 2.05) is 6.92 Å². The van der Waals surface area contributed by atoms with Gasteiger partial charge in [-0.25, -0.2) is 14.4 Å². The summed E-state index contributed by atoms with van der Waals surface area (Å²) in [6.07, 6.45) is -1.55. The Labute approximate surface area is 576 Å². The Morgan fingerprint density at radius 2 is 1.57 bits per heavy atom. The molecule has 0 spiro atoms. The maximum Gasteiger partial charge on any atom is 0.409 e. The van der Waals surface area contributed by atoms with Crippen molar-refractivity contribution in [2.45, 2.75) is 158 Å². The molecule has 9 amide bonds. The quantitative estimate of drug-likeness (QED) is 0.0218. The molecule has 3 aliphatic heterocycles. The summed E-state index contributed by atoms with van der Waals surface area (Å²) < 4.78 is 41.1. The van der Waals surface area contributed by atoms with E-state index in [9.17, 15) is 68.1 Å². The van der Waals surface area contributed by atoms with Gasteiger partial charge < -0.3 is 85.3 Å². The maximum atomic E-state index is 14.4. The molecule has 4 fully saturated rings. The molecule has 3 saturated heterocycles. The first-order valence-corrected chi connectivity index (χ1v) is 34.5. The van der Waals surface area contributed by atoms with Crippen LogP contribution in [0, 0.1) is 11.8 Å². The van der Waals surface area contributed by atoms with Gasteiger partial charge in [-0.05, 0) is 80.4 Å². The SMILES string of the molecule is COc1cccc2c1C(=O)c1c(O)c3c(c(O)c1C2=O)C[C@@](O)(C(=O)COC(=O)N(C)CCN(C)C(=O)OCc1ccc(NC(=O)[C@H](CCCNC(N)=O)NC(=O)[C@@H](NC(=O)CCCCCN2C(=O)CC(SC)C2=O)C(C)C)cc1)C[C@@H]3O[C@@H]1C[C@@H](C)[C@H]2O[C@@H]3[C@@H](OC)OCCN3[C@H]2C1. The van der Waals surface area contributed by atoms with Crippen molar-refractivity contribution in [2.75, 3.05) is 85.8 Å². The van der Waals surface area contributed by atoms with Gasteiger partial charge >= 0.3 is 18.2 Å². The van der Waals surface area contributed by atoms with E-state index in [0.717, 1.165) is 4.90 Å². The number of hydrogen-bond acceptors (Lipinski definition) is 23. The number of nitrogens with one attached hydrogen (secondary N) is 4. The van der Waals surface area contributed by atoms with Gasteiger partial charge in [0.2, 0.25) is 41.1 Å². The zero-order valence-electron chi connectivity index (χ0n) is 56.8. The van der Waals surface area contributed by atoms with Crippen molar-refractivity contribution >= 4 is 82.6 Å². The van der Waals surface area contributed by atoms with Crippen LogP contribution in [0.2, 0.25) is 0 Å². The number of morpholine rings is 1. The Kier molecular flexibility index (Phi) is 24.7. The lowest BCUT2D eigenvalue weighted by molar-refractivity contribution is -0.245. The zero-order chi connectivity index (χ0) is 71.7. The number of Topliss-reactive ketones (excluding diaryl/α,β-unsaturated/α-hetero) is 1. The average Bonchev–Trinajstić information content (AvgIpc) is 1.57. The highest BCUT2D eigenvalue weighted by atomic mass is 32.2. The lowest BCUT2D eigenvalue weighted by atomic mass is 9.71. The second-order valence-electron chi connectivity index (χ2n) is 26.2. The molecule has 0 bridgehead atoms. The highest BCUT2D eigenvalue weighted by molar-refractivity contribution is 8.00. The standard InChI is InChI=1S/C68H89N9O21S/c1-35(2)54(73-48(79)17-10-9-11-23-77-49(80)30-46(99-8)62(77)87)61(86)72-42(15-13-22-70-65(69)88)60(85)71-38-20-18-37(19-21-38)33-95-66(89)74(4)24-25-75(5)67(90)96-34-47(78)68(91)31-41-51(58(84)53-52(56(41)82)55(81)40-14-12-16-44(92-6)50(40)57(53)83)45(32-68)97-39-28-36(3)59-43(29-39)76-26-27-94-64(93-7)63(76)98-59/h12,14,16,18-21,35-36,39,42-43,45-46,54,59,63-64,82,84,91H,9-11,13,15,17,22-34H2,1-8H3,(H,71,85)(H,72,86)(H,73,79)(H3,69,70,88)/t36-,39-,42+,43+,45+,46?,54+,59-,63-,64+,68+/m1/s1. The number of urea groups is 1. The second-order valence-corrected chi connectivity index (χ2v) is 27.3. The predicted molar refractivity (Wildman–Crippen MR) is 354 cm³/mol. The number of primary amides is 1. The van der Waals surface area contributed by atoms with Crippen LogP contribution in [0.3, 0.4) is 0 Å². The van der Waals surface area contributed by atoms with E-state index in [-0.39, 0.29) is 128 Å². The molecule has 9 N–H and O–H groups in total. The molecule has 6 aliphatic rings. The number of nitrogens with zero attached hydrogens (tertiary/aromatic N) is 4. The van der Waals surface area contributed by atoms with Crippen LogP contribution in [0.25, 0.3) is 0 Å². The van der Waals surface area contributed by atoms with Crippen LogP contribution < -0.4 is 31.7 Å². The fourth-order valence-electron chi connectivity index (χ4n) is 13.7.